The number of hydrogen-bond acceptors (Lipinski definition) is 4. The molecule has 0 unspecified atom stereocenters. The van der Waals surface area contributed by atoms with Crippen molar-refractivity contribution >= 4 is 33.2 Å². The third kappa shape index (κ3) is 5.11. The molecule has 0 spiro atoms. The quantitative estimate of drug-likeness (QED) is 0.566. The van der Waals surface area contributed by atoms with Crippen molar-refractivity contribution in [2.75, 3.05) is 11.8 Å². The lowest BCUT2D eigenvalue weighted by molar-refractivity contribution is 0.0950. The third-order valence-electron chi connectivity index (χ3n) is 4.44. The number of aryl methyl sites for hydroxylation is 1. The second kappa shape index (κ2) is 9.19. The summed E-state index contributed by atoms with van der Waals surface area (Å²) in [7, 11) is -2.22. The number of ether oxygens (including phenoxy) is 1. The van der Waals surface area contributed by atoms with Gasteiger partial charge in [0.2, 0.25) is 0 Å². The SMILES string of the molecule is COc1ccccc1CNC(=O)c1ccc(NS(=O)(=O)c2ccc(C)cc2)c(Cl)c1. The normalized spacial score (nSPS) is 11.0. The van der Waals surface area contributed by atoms with Gasteiger partial charge in [-0.25, -0.2) is 8.42 Å². The lowest BCUT2D eigenvalue weighted by Crippen LogP contribution is -2.23. The van der Waals surface area contributed by atoms with E-state index in [1.165, 1.54) is 30.3 Å². The lowest BCUT2D eigenvalue weighted by Gasteiger charge is -2.12. The molecule has 0 aromatic heterocycles. The minimum Gasteiger partial charge on any atom is -0.496 e. The van der Waals surface area contributed by atoms with Gasteiger partial charge < -0.3 is 10.1 Å². The summed E-state index contributed by atoms with van der Waals surface area (Å²) >= 11 is 6.23. The highest BCUT2D eigenvalue weighted by Gasteiger charge is 2.17. The fraction of sp³-hybridized carbons (Fsp3) is 0.136. The average molecular weight is 445 g/mol. The van der Waals surface area contributed by atoms with Crippen molar-refractivity contribution < 1.29 is 17.9 Å². The molecular weight excluding hydrogens is 424 g/mol. The molecule has 30 heavy (non-hydrogen) atoms. The molecule has 0 bridgehead atoms. The zero-order chi connectivity index (χ0) is 21.7. The maximum absolute atomic E-state index is 12.5. The maximum Gasteiger partial charge on any atom is 0.261 e. The number of anilines is 1. The molecule has 0 aliphatic carbocycles. The summed E-state index contributed by atoms with van der Waals surface area (Å²) in [5.74, 6) is 0.340. The number of methoxy groups -OCH3 is 1. The van der Waals surface area contributed by atoms with Crippen LogP contribution in [-0.4, -0.2) is 21.4 Å². The molecule has 3 rings (SSSR count). The minimum atomic E-state index is -3.79. The molecule has 8 heteroatoms. The summed E-state index contributed by atoms with van der Waals surface area (Å²) in [5, 5.41) is 2.92. The Balaban J connectivity index is 1.71. The first kappa shape index (κ1) is 21.7. The Labute approximate surface area is 180 Å². The predicted octanol–water partition coefficient (Wildman–Crippen LogP) is 4.39. The molecule has 0 aliphatic rings. The molecule has 2 N–H and O–H groups in total. The molecule has 3 aromatic rings. The summed E-state index contributed by atoms with van der Waals surface area (Å²) in [4.78, 5) is 12.6. The molecule has 6 nitrogen and oxygen atoms in total. The van der Waals surface area contributed by atoms with E-state index in [0.717, 1.165) is 11.1 Å². The van der Waals surface area contributed by atoms with Crippen LogP contribution in [0.3, 0.4) is 0 Å². The van der Waals surface area contributed by atoms with Gasteiger partial charge in [-0.2, -0.15) is 0 Å². The Hall–Kier alpha value is -3.03. The Morgan fingerprint density at radius 3 is 2.40 bits per heavy atom. The number of halogens is 1. The second-order valence-corrected chi connectivity index (χ2v) is 8.70. The fourth-order valence-electron chi connectivity index (χ4n) is 2.79. The molecule has 0 heterocycles. The average Bonchev–Trinajstić information content (AvgIpc) is 2.73. The van der Waals surface area contributed by atoms with E-state index in [4.69, 9.17) is 16.3 Å². The Morgan fingerprint density at radius 2 is 1.73 bits per heavy atom. The molecule has 0 atom stereocenters. The highest BCUT2D eigenvalue weighted by Crippen LogP contribution is 2.26. The van der Waals surface area contributed by atoms with Gasteiger partial charge in [-0.05, 0) is 43.3 Å². The van der Waals surface area contributed by atoms with Crippen molar-refractivity contribution in [1.82, 2.24) is 5.32 Å². The number of rotatable bonds is 7. The smallest absolute Gasteiger partial charge is 0.261 e. The largest absolute Gasteiger partial charge is 0.496 e. The van der Waals surface area contributed by atoms with Crippen molar-refractivity contribution in [2.45, 2.75) is 18.4 Å². The van der Waals surface area contributed by atoms with E-state index in [-0.39, 0.29) is 28.1 Å². The van der Waals surface area contributed by atoms with Crippen molar-refractivity contribution in [3.63, 3.8) is 0 Å². The van der Waals surface area contributed by atoms with Gasteiger partial charge in [0.25, 0.3) is 15.9 Å². The Morgan fingerprint density at radius 1 is 1.03 bits per heavy atom. The van der Waals surface area contributed by atoms with Crippen LogP contribution >= 0.6 is 11.6 Å². The van der Waals surface area contributed by atoms with Gasteiger partial charge >= 0.3 is 0 Å². The molecular formula is C22H21ClN2O4S. The molecule has 0 saturated carbocycles. The Bertz CT molecular complexity index is 1160. The number of carbonyl (C=O) groups is 1. The Kier molecular flexibility index (Phi) is 6.64. The molecule has 3 aromatic carbocycles. The summed E-state index contributed by atoms with van der Waals surface area (Å²) in [6.07, 6.45) is 0. The van der Waals surface area contributed by atoms with E-state index < -0.39 is 10.0 Å². The standard InChI is InChI=1S/C22H21ClN2O4S/c1-15-7-10-18(11-8-15)30(27,28)25-20-12-9-16(13-19(20)23)22(26)24-14-17-5-3-4-6-21(17)29-2/h3-13,25H,14H2,1-2H3,(H,24,26). The second-order valence-electron chi connectivity index (χ2n) is 6.61. The van der Waals surface area contributed by atoms with Crippen LogP contribution in [0.5, 0.6) is 5.75 Å². The first-order valence-corrected chi connectivity index (χ1v) is 11.0. The number of benzene rings is 3. The van der Waals surface area contributed by atoms with Crippen molar-refractivity contribution in [3.05, 3.63) is 88.4 Å². The van der Waals surface area contributed by atoms with Gasteiger partial charge in [-0.1, -0.05) is 47.5 Å². The van der Waals surface area contributed by atoms with E-state index in [1.54, 1.807) is 19.2 Å². The summed E-state index contributed by atoms with van der Waals surface area (Å²) in [5.41, 5.74) is 2.30. The maximum atomic E-state index is 12.5. The number of carbonyl (C=O) groups excluding carboxylic acids is 1. The molecule has 0 fully saturated rings. The van der Waals surface area contributed by atoms with Gasteiger partial charge in [-0.15, -0.1) is 0 Å². The molecule has 0 saturated heterocycles. The summed E-state index contributed by atoms with van der Waals surface area (Å²) in [6.45, 7) is 2.15. The number of para-hydroxylation sites is 1. The molecule has 0 aliphatic heterocycles. The van der Waals surface area contributed by atoms with Crippen LogP contribution in [0.15, 0.2) is 71.6 Å². The van der Waals surface area contributed by atoms with Crippen LogP contribution in [0.2, 0.25) is 5.02 Å². The van der Waals surface area contributed by atoms with Crippen molar-refractivity contribution in [2.24, 2.45) is 0 Å². The first-order valence-electron chi connectivity index (χ1n) is 9.09. The van der Waals surface area contributed by atoms with Crippen LogP contribution < -0.4 is 14.8 Å². The highest BCUT2D eigenvalue weighted by atomic mass is 35.5. The van der Waals surface area contributed by atoms with E-state index in [0.29, 0.717) is 11.3 Å². The number of amides is 1. The molecule has 156 valence electrons. The van der Waals surface area contributed by atoms with Gasteiger partial charge in [-0.3, -0.25) is 9.52 Å². The van der Waals surface area contributed by atoms with Gasteiger partial charge in [0, 0.05) is 17.7 Å². The minimum absolute atomic E-state index is 0.121. The topological polar surface area (TPSA) is 84.5 Å². The first-order chi connectivity index (χ1) is 14.3. The third-order valence-corrected chi connectivity index (χ3v) is 6.13. The lowest BCUT2D eigenvalue weighted by atomic mass is 10.1. The van der Waals surface area contributed by atoms with Gasteiger partial charge in [0.15, 0.2) is 0 Å². The van der Waals surface area contributed by atoms with Crippen LogP contribution in [-0.2, 0) is 16.6 Å². The van der Waals surface area contributed by atoms with E-state index in [2.05, 4.69) is 10.0 Å². The number of sulfonamides is 1. The summed E-state index contributed by atoms with van der Waals surface area (Å²) in [6, 6.07) is 18.2. The fourth-order valence-corrected chi connectivity index (χ4v) is 4.15. The zero-order valence-corrected chi connectivity index (χ0v) is 18.0. The van der Waals surface area contributed by atoms with Crippen molar-refractivity contribution in [1.29, 1.82) is 0 Å². The van der Waals surface area contributed by atoms with E-state index in [9.17, 15) is 13.2 Å². The highest BCUT2D eigenvalue weighted by molar-refractivity contribution is 7.92. The molecule has 1 amide bonds. The van der Waals surface area contributed by atoms with Crippen LogP contribution in [0, 0.1) is 6.92 Å². The summed E-state index contributed by atoms with van der Waals surface area (Å²) < 4.78 is 32.8. The van der Waals surface area contributed by atoms with Gasteiger partial charge in [0.05, 0.1) is 22.7 Å². The van der Waals surface area contributed by atoms with E-state index >= 15 is 0 Å². The monoisotopic (exact) mass is 444 g/mol. The number of hydrogen-bond donors (Lipinski definition) is 2. The van der Waals surface area contributed by atoms with Crippen LogP contribution in [0.25, 0.3) is 0 Å². The molecule has 0 radical (unpaired) electrons. The zero-order valence-electron chi connectivity index (χ0n) is 16.5. The van der Waals surface area contributed by atoms with Crippen molar-refractivity contribution in [3.8, 4) is 5.75 Å². The van der Waals surface area contributed by atoms with Gasteiger partial charge in [0.1, 0.15) is 5.75 Å². The van der Waals surface area contributed by atoms with E-state index in [1.807, 2.05) is 31.2 Å². The van der Waals surface area contributed by atoms with Crippen LogP contribution in [0.4, 0.5) is 5.69 Å². The predicted molar refractivity (Wildman–Crippen MR) is 118 cm³/mol. The van der Waals surface area contributed by atoms with Crippen LogP contribution in [0.1, 0.15) is 21.5 Å². The number of nitrogens with one attached hydrogen (secondary N) is 2.